The highest BCUT2D eigenvalue weighted by Gasteiger charge is 2.29. The minimum absolute atomic E-state index is 0.255. The zero-order chi connectivity index (χ0) is 15.4. The van der Waals surface area contributed by atoms with Crippen LogP contribution in [0.15, 0.2) is 24.3 Å². The molecule has 0 saturated carbocycles. The van der Waals surface area contributed by atoms with Gasteiger partial charge in [-0.05, 0) is 45.4 Å². The van der Waals surface area contributed by atoms with Gasteiger partial charge < -0.3 is 15.0 Å². The Balaban J connectivity index is 2.14. The van der Waals surface area contributed by atoms with Gasteiger partial charge in [0, 0.05) is 24.3 Å². The molecular formula is C17H26N2O2. The van der Waals surface area contributed by atoms with Gasteiger partial charge in [0.15, 0.2) is 0 Å². The Kier molecular flexibility index (Phi) is 5.23. The van der Waals surface area contributed by atoms with Gasteiger partial charge in [0.05, 0.1) is 12.2 Å². The van der Waals surface area contributed by atoms with Crippen LogP contribution >= 0.6 is 0 Å². The number of esters is 1. The molecule has 116 valence electrons. The number of likely N-dealkylation sites (tertiary alicyclic amines) is 1. The lowest BCUT2D eigenvalue weighted by Crippen LogP contribution is -2.48. The summed E-state index contributed by atoms with van der Waals surface area (Å²) >= 11 is 0. The number of nitrogens with one attached hydrogen (secondary N) is 1. The smallest absolute Gasteiger partial charge is 0.340 e. The highest BCUT2D eigenvalue weighted by Crippen LogP contribution is 2.26. The molecule has 0 aromatic heterocycles. The number of piperidine rings is 1. The third kappa shape index (κ3) is 3.76. The summed E-state index contributed by atoms with van der Waals surface area (Å²) in [6.45, 7) is 7.80. The third-order valence-electron chi connectivity index (χ3n) is 4.37. The summed E-state index contributed by atoms with van der Waals surface area (Å²) in [6, 6.07) is 8.54. The van der Waals surface area contributed by atoms with Crippen LogP contribution in [-0.2, 0) is 4.74 Å². The Morgan fingerprint density at radius 2 is 2.10 bits per heavy atom. The minimum atomic E-state index is -0.255. The van der Waals surface area contributed by atoms with E-state index in [4.69, 9.17) is 4.74 Å². The Bertz CT molecular complexity index is 489. The van der Waals surface area contributed by atoms with Gasteiger partial charge in [-0.2, -0.15) is 0 Å². The van der Waals surface area contributed by atoms with E-state index in [0.29, 0.717) is 30.2 Å². The lowest BCUT2D eigenvalue weighted by Gasteiger charge is -2.40. The molecule has 4 heteroatoms. The zero-order valence-electron chi connectivity index (χ0n) is 13.4. The van der Waals surface area contributed by atoms with Crippen molar-refractivity contribution in [2.75, 3.05) is 25.5 Å². The topological polar surface area (TPSA) is 41.6 Å². The van der Waals surface area contributed by atoms with Crippen molar-refractivity contribution >= 4 is 11.7 Å². The van der Waals surface area contributed by atoms with Crippen LogP contribution < -0.4 is 5.32 Å². The molecule has 1 aromatic carbocycles. The molecule has 1 aliphatic rings. The molecule has 1 aliphatic heterocycles. The predicted molar refractivity (Wildman–Crippen MR) is 85.7 cm³/mol. The van der Waals surface area contributed by atoms with Crippen LogP contribution in [0, 0.1) is 5.92 Å². The molecule has 1 aromatic rings. The maximum atomic E-state index is 12.0. The van der Waals surface area contributed by atoms with Crippen molar-refractivity contribution in [2.45, 2.75) is 39.3 Å². The number of nitrogens with zero attached hydrogens (tertiary/aromatic N) is 1. The SMILES string of the molecule is CCOC(=O)c1ccccc1NC1CC(C)N(C)CC1C. The number of benzene rings is 1. The molecule has 21 heavy (non-hydrogen) atoms. The molecule has 0 amide bonds. The fraction of sp³-hybridized carbons (Fsp3) is 0.588. The van der Waals surface area contributed by atoms with E-state index in [9.17, 15) is 4.79 Å². The second kappa shape index (κ2) is 6.94. The Hall–Kier alpha value is -1.55. The molecule has 4 nitrogen and oxygen atoms in total. The van der Waals surface area contributed by atoms with E-state index in [0.717, 1.165) is 18.7 Å². The van der Waals surface area contributed by atoms with Crippen LogP contribution in [0.4, 0.5) is 5.69 Å². The number of para-hydroxylation sites is 1. The van der Waals surface area contributed by atoms with Crippen LogP contribution in [-0.4, -0.2) is 43.2 Å². The molecule has 3 atom stereocenters. The van der Waals surface area contributed by atoms with Crippen LogP contribution in [0.2, 0.25) is 0 Å². The molecule has 2 rings (SSSR count). The van der Waals surface area contributed by atoms with Gasteiger partial charge in [0.2, 0.25) is 0 Å². The first-order valence-corrected chi connectivity index (χ1v) is 7.75. The average molecular weight is 290 g/mol. The molecule has 3 unspecified atom stereocenters. The maximum Gasteiger partial charge on any atom is 0.340 e. The first-order chi connectivity index (χ1) is 10.0. The molecule has 0 aliphatic carbocycles. The molecule has 1 fully saturated rings. The van der Waals surface area contributed by atoms with Crippen molar-refractivity contribution in [1.82, 2.24) is 4.90 Å². The van der Waals surface area contributed by atoms with E-state index < -0.39 is 0 Å². The number of rotatable bonds is 4. The summed E-state index contributed by atoms with van der Waals surface area (Å²) in [5, 5.41) is 3.56. The van der Waals surface area contributed by atoms with Crippen LogP contribution in [0.5, 0.6) is 0 Å². The molecule has 0 bridgehead atoms. The minimum Gasteiger partial charge on any atom is -0.462 e. The van der Waals surface area contributed by atoms with E-state index >= 15 is 0 Å². The van der Waals surface area contributed by atoms with Gasteiger partial charge in [-0.1, -0.05) is 19.1 Å². The third-order valence-corrected chi connectivity index (χ3v) is 4.37. The maximum absolute atomic E-state index is 12.0. The molecule has 0 radical (unpaired) electrons. The van der Waals surface area contributed by atoms with E-state index in [1.54, 1.807) is 0 Å². The summed E-state index contributed by atoms with van der Waals surface area (Å²) in [7, 11) is 2.17. The Labute approximate surface area is 127 Å². The lowest BCUT2D eigenvalue weighted by atomic mass is 9.89. The van der Waals surface area contributed by atoms with E-state index in [-0.39, 0.29) is 5.97 Å². The number of anilines is 1. The van der Waals surface area contributed by atoms with Crippen molar-refractivity contribution in [3.63, 3.8) is 0 Å². The van der Waals surface area contributed by atoms with Crippen LogP contribution in [0.3, 0.4) is 0 Å². The summed E-state index contributed by atoms with van der Waals surface area (Å²) in [5.41, 5.74) is 1.50. The first-order valence-electron chi connectivity index (χ1n) is 7.75. The van der Waals surface area contributed by atoms with Crippen LogP contribution in [0.25, 0.3) is 0 Å². The largest absolute Gasteiger partial charge is 0.462 e. The first kappa shape index (κ1) is 15.8. The van der Waals surface area contributed by atoms with E-state index in [2.05, 4.69) is 31.1 Å². The second-order valence-electron chi connectivity index (χ2n) is 6.02. The van der Waals surface area contributed by atoms with Gasteiger partial charge in [0.1, 0.15) is 0 Å². The van der Waals surface area contributed by atoms with E-state index in [1.165, 1.54) is 0 Å². The molecule has 1 saturated heterocycles. The van der Waals surface area contributed by atoms with Gasteiger partial charge in [0.25, 0.3) is 0 Å². The summed E-state index contributed by atoms with van der Waals surface area (Å²) < 4.78 is 5.14. The van der Waals surface area contributed by atoms with Crippen LogP contribution in [0.1, 0.15) is 37.6 Å². The Morgan fingerprint density at radius 3 is 2.81 bits per heavy atom. The highest BCUT2D eigenvalue weighted by molar-refractivity contribution is 5.95. The van der Waals surface area contributed by atoms with Crippen molar-refractivity contribution < 1.29 is 9.53 Å². The fourth-order valence-corrected chi connectivity index (χ4v) is 2.94. The predicted octanol–water partition coefficient (Wildman–Crippen LogP) is 3.00. The number of hydrogen-bond acceptors (Lipinski definition) is 4. The number of carbonyl (C=O) groups excluding carboxylic acids is 1. The lowest BCUT2D eigenvalue weighted by molar-refractivity contribution is 0.0527. The summed E-state index contributed by atoms with van der Waals surface area (Å²) in [4.78, 5) is 14.4. The van der Waals surface area contributed by atoms with Gasteiger partial charge >= 0.3 is 5.97 Å². The average Bonchev–Trinajstić information content (AvgIpc) is 2.45. The van der Waals surface area contributed by atoms with Crippen molar-refractivity contribution in [2.24, 2.45) is 5.92 Å². The van der Waals surface area contributed by atoms with Crippen molar-refractivity contribution in [3.8, 4) is 0 Å². The normalized spacial score (nSPS) is 26.4. The highest BCUT2D eigenvalue weighted by atomic mass is 16.5. The number of ether oxygens (including phenoxy) is 1. The Morgan fingerprint density at radius 1 is 1.38 bits per heavy atom. The monoisotopic (exact) mass is 290 g/mol. The summed E-state index contributed by atoms with van der Waals surface area (Å²) in [5.74, 6) is 0.288. The quantitative estimate of drug-likeness (QED) is 0.866. The van der Waals surface area contributed by atoms with Gasteiger partial charge in [-0.3, -0.25) is 0 Å². The second-order valence-corrected chi connectivity index (χ2v) is 6.02. The van der Waals surface area contributed by atoms with Crippen molar-refractivity contribution in [1.29, 1.82) is 0 Å². The zero-order valence-corrected chi connectivity index (χ0v) is 13.4. The summed E-state index contributed by atoms with van der Waals surface area (Å²) in [6.07, 6.45) is 1.08. The molecule has 1 N–H and O–H groups in total. The van der Waals surface area contributed by atoms with Gasteiger partial charge in [-0.25, -0.2) is 4.79 Å². The standard InChI is InChI=1S/C17H26N2O2/c1-5-21-17(20)14-8-6-7-9-15(14)18-16-10-13(3)19(4)11-12(16)2/h6-9,12-13,16,18H,5,10-11H2,1-4H3. The molecule has 0 spiro atoms. The van der Waals surface area contributed by atoms with Crippen molar-refractivity contribution in [3.05, 3.63) is 29.8 Å². The fourth-order valence-electron chi connectivity index (χ4n) is 2.94. The number of hydrogen-bond donors (Lipinski definition) is 1. The van der Waals surface area contributed by atoms with Gasteiger partial charge in [-0.15, -0.1) is 0 Å². The molecule has 1 heterocycles. The molecular weight excluding hydrogens is 264 g/mol. The van der Waals surface area contributed by atoms with E-state index in [1.807, 2.05) is 31.2 Å². The number of carbonyl (C=O) groups is 1.